The topological polar surface area (TPSA) is 71.7 Å². The highest BCUT2D eigenvalue weighted by molar-refractivity contribution is 6.31. The molecule has 0 atom stereocenters. The molecule has 2 aromatic carbocycles. The van der Waals surface area contributed by atoms with Gasteiger partial charge in [0.1, 0.15) is 23.9 Å². The van der Waals surface area contributed by atoms with Crippen molar-refractivity contribution in [2.24, 2.45) is 0 Å². The number of benzene rings is 2. The first kappa shape index (κ1) is 21.1. The maximum Gasteiger partial charge on any atom is 0.291 e. The number of furan rings is 1. The fourth-order valence-electron chi connectivity index (χ4n) is 2.77. The van der Waals surface area contributed by atoms with Crippen LogP contribution in [0, 0.1) is 6.92 Å². The lowest BCUT2D eigenvalue weighted by Gasteiger charge is -2.15. The Kier molecular flexibility index (Phi) is 6.40. The van der Waals surface area contributed by atoms with E-state index < -0.39 is 5.91 Å². The Morgan fingerprint density at radius 2 is 1.93 bits per heavy atom. The van der Waals surface area contributed by atoms with E-state index in [-0.39, 0.29) is 29.7 Å². The molecule has 0 unspecified atom stereocenters. The lowest BCUT2D eigenvalue weighted by Crippen LogP contribution is -2.11. The first-order valence-corrected chi connectivity index (χ1v) is 9.81. The second kappa shape index (κ2) is 8.80. The van der Waals surface area contributed by atoms with Gasteiger partial charge in [-0.15, -0.1) is 0 Å². The standard InChI is InChI=1S/C22H21Cl2NO4/c1-12(2)16-10-17(24)13(3)8-21(16)28-11-15-5-7-20(29-15)22(27)25-18-9-14(23)4-6-19(18)26/h4-10,12,26H,11H2,1-3H3,(H,25,27). The van der Waals surface area contributed by atoms with Crippen molar-refractivity contribution in [3.05, 3.63) is 75.2 Å². The molecule has 7 heteroatoms. The van der Waals surface area contributed by atoms with E-state index in [0.717, 1.165) is 16.9 Å². The zero-order valence-electron chi connectivity index (χ0n) is 16.3. The van der Waals surface area contributed by atoms with Crippen LogP contribution in [0.15, 0.2) is 46.9 Å². The van der Waals surface area contributed by atoms with Crippen molar-refractivity contribution in [2.75, 3.05) is 5.32 Å². The zero-order valence-corrected chi connectivity index (χ0v) is 17.8. The van der Waals surface area contributed by atoms with E-state index in [4.69, 9.17) is 32.4 Å². The fraction of sp³-hybridized carbons (Fsp3) is 0.227. The Labute approximate surface area is 179 Å². The van der Waals surface area contributed by atoms with Crippen LogP contribution in [0.4, 0.5) is 5.69 Å². The summed E-state index contributed by atoms with van der Waals surface area (Å²) in [5.74, 6) is 0.975. The number of aromatic hydroxyl groups is 1. The highest BCUT2D eigenvalue weighted by Crippen LogP contribution is 2.32. The van der Waals surface area contributed by atoms with Crippen molar-refractivity contribution >= 4 is 34.8 Å². The van der Waals surface area contributed by atoms with Crippen molar-refractivity contribution in [3.8, 4) is 11.5 Å². The highest BCUT2D eigenvalue weighted by Gasteiger charge is 2.15. The number of rotatable bonds is 6. The van der Waals surface area contributed by atoms with Gasteiger partial charge in [0, 0.05) is 10.0 Å². The molecule has 1 aromatic heterocycles. The molecule has 0 aliphatic heterocycles. The van der Waals surface area contributed by atoms with Crippen LogP contribution in [0.2, 0.25) is 10.0 Å². The first-order valence-electron chi connectivity index (χ1n) is 9.06. The van der Waals surface area contributed by atoms with Gasteiger partial charge >= 0.3 is 0 Å². The molecule has 0 bridgehead atoms. The summed E-state index contributed by atoms with van der Waals surface area (Å²) in [7, 11) is 0. The van der Waals surface area contributed by atoms with E-state index in [1.807, 2.05) is 19.1 Å². The maximum absolute atomic E-state index is 12.4. The van der Waals surface area contributed by atoms with Crippen LogP contribution in [0.25, 0.3) is 0 Å². The van der Waals surface area contributed by atoms with Crippen LogP contribution in [-0.2, 0) is 6.61 Å². The molecule has 0 spiro atoms. The monoisotopic (exact) mass is 433 g/mol. The Morgan fingerprint density at radius 3 is 2.66 bits per heavy atom. The summed E-state index contributed by atoms with van der Waals surface area (Å²) in [4.78, 5) is 12.4. The summed E-state index contributed by atoms with van der Waals surface area (Å²) in [5, 5.41) is 13.5. The van der Waals surface area contributed by atoms with E-state index >= 15 is 0 Å². The molecule has 29 heavy (non-hydrogen) atoms. The predicted octanol–water partition coefficient (Wildman–Crippen LogP) is 6.56. The summed E-state index contributed by atoms with van der Waals surface area (Å²) in [6, 6.07) is 11.4. The number of halogens is 2. The number of carbonyl (C=O) groups excluding carboxylic acids is 1. The van der Waals surface area contributed by atoms with Gasteiger partial charge < -0.3 is 19.6 Å². The van der Waals surface area contributed by atoms with Gasteiger partial charge in [0.15, 0.2) is 5.76 Å². The third-order valence-corrected chi connectivity index (χ3v) is 5.02. The number of nitrogens with one attached hydrogen (secondary N) is 1. The van der Waals surface area contributed by atoms with Crippen LogP contribution in [0.3, 0.4) is 0 Å². The van der Waals surface area contributed by atoms with Gasteiger partial charge in [0.2, 0.25) is 0 Å². The van der Waals surface area contributed by atoms with Crippen LogP contribution in [0.1, 0.15) is 47.2 Å². The minimum absolute atomic E-state index is 0.0859. The van der Waals surface area contributed by atoms with Crippen molar-refractivity contribution < 1.29 is 19.1 Å². The average Bonchev–Trinajstić information content (AvgIpc) is 3.14. The third kappa shape index (κ3) is 5.05. The summed E-state index contributed by atoms with van der Waals surface area (Å²) < 4.78 is 11.5. The fourth-order valence-corrected chi connectivity index (χ4v) is 3.11. The van der Waals surface area contributed by atoms with E-state index in [1.165, 1.54) is 18.2 Å². The second-order valence-corrected chi connectivity index (χ2v) is 7.81. The smallest absolute Gasteiger partial charge is 0.291 e. The lowest BCUT2D eigenvalue weighted by molar-refractivity contribution is 0.0992. The maximum atomic E-state index is 12.4. The molecule has 0 fully saturated rings. The van der Waals surface area contributed by atoms with E-state index in [9.17, 15) is 9.90 Å². The molecule has 0 aliphatic carbocycles. The number of carbonyl (C=O) groups is 1. The quantitative estimate of drug-likeness (QED) is 0.432. The van der Waals surface area contributed by atoms with Crippen LogP contribution in [0.5, 0.6) is 11.5 Å². The van der Waals surface area contributed by atoms with Crippen LogP contribution < -0.4 is 10.1 Å². The molecule has 0 aliphatic rings. The average molecular weight is 434 g/mol. The summed E-state index contributed by atoms with van der Waals surface area (Å²) in [6.45, 7) is 6.21. The SMILES string of the molecule is Cc1cc(OCc2ccc(C(=O)Nc3cc(Cl)ccc3O)o2)c(C(C)C)cc1Cl. The first-order chi connectivity index (χ1) is 13.7. The number of ether oxygens (including phenoxy) is 1. The third-order valence-electron chi connectivity index (χ3n) is 4.38. The molecule has 0 saturated heterocycles. The zero-order chi connectivity index (χ0) is 21.1. The van der Waals surface area contributed by atoms with Crippen molar-refractivity contribution in [2.45, 2.75) is 33.3 Å². The molecule has 0 radical (unpaired) electrons. The molecular formula is C22H21Cl2NO4. The summed E-state index contributed by atoms with van der Waals surface area (Å²) in [6.07, 6.45) is 0. The Balaban J connectivity index is 1.70. The normalized spacial score (nSPS) is 11.0. The minimum Gasteiger partial charge on any atom is -0.506 e. The highest BCUT2D eigenvalue weighted by atomic mass is 35.5. The summed E-state index contributed by atoms with van der Waals surface area (Å²) in [5.41, 5.74) is 2.13. The number of hydrogen-bond donors (Lipinski definition) is 2. The molecule has 0 saturated carbocycles. The van der Waals surface area contributed by atoms with Gasteiger partial charge in [-0.3, -0.25) is 4.79 Å². The van der Waals surface area contributed by atoms with Gasteiger partial charge in [-0.1, -0.05) is 37.0 Å². The van der Waals surface area contributed by atoms with Gasteiger partial charge in [0.05, 0.1) is 5.69 Å². The summed E-state index contributed by atoms with van der Waals surface area (Å²) >= 11 is 12.1. The van der Waals surface area contributed by atoms with Crippen molar-refractivity contribution in [1.82, 2.24) is 0 Å². The van der Waals surface area contributed by atoms with E-state index in [1.54, 1.807) is 12.1 Å². The lowest BCUT2D eigenvalue weighted by atomic mass is 10.0. The molecule has 3 aromatic rings. The number of amides is 1. The minimum atomic E-state index is -0.501. The van der Waals surface area contributed by atoms with Gasteiger partial charge in [-0.25, -0.2) is 0 Å². The molecule has 2 N–H and O–H groups in total. The van der Waals surface area contributed by atoms with Gasteiger partial charge in [0.25, 0.3) is 5.91 Å². The molecule has 1 heterocycles. The molecule has 3 rings (SSSR count). The number of anilines is 1. The van der Waals surface area contributed by atoms with Crippen LogP contribution >= 0.6 is 23.2 Å². The Hall–Kier alpha value is -2.63. The number of phenolic OH excluding ortho intramolecular Hbond substituents is 1. The molecule has 1 amide bonds. The second-order valence-electron chi connectivity index (χ2n) is 6.96. The largest absolute Gasteiger partial charge is 0.506 e. The Bertz CT molecular complexity index is 1040. The van der Waals surface area contributed by atoms with Crippen molar-refractivity contribution in [1.29, 1.82) is 0 Å². The predicted molar refractivity (Wildman–Crippen MR) is 114 cm³/mol. The molecule has 5 nitrogen and oxygen atoms in total. The Morgan fingerprint density at radius 1 is 1.17 bits per heavy atom. The molecule has 152 valence electrons. The van der Waals surface area contributed by atoms with Crippen LogP contribution in [-0.4, -0.2) is 11.0 Å². The number of hydrogen-bond acceptors (Lipinski definition) is 4. The molecular weight excluding hydrogens is 413 g/mol. The van der Waals surface area contributed by atoms with Gasteiger partial charge in [-0.05, 0) is 66.4 Å². The van der Waals surface area contributed by atoms with E-state index in [0.29, 0.717) is 15.8 Å². The number of aryl methyl sites for hydroxylation is 1. The van der Waals surface area contributed by atoms with E-state index in [2.05, 4.69) is 19.2 Å². The number of phenols is 1. The van der Waals surface area contributed by atoms with Gasteiger partial charge in [-0.2, -0.15) is 0 Å². The van der Waals surface area contributed by atoms with Crippen molar-refractivity contribution in [3.63, 3.8) is 0 Å².